The van der Waals surface area contributed by atoms with Crippen LogP contribution in [0.1, 0.15) is 27.0 Å². The standard InChI is InChI=1S/C23H19ClO2/c1-16-17(9-6-10-21(16)18-7-4-3-5-8-18)11-12-19-14-23(26-2)20(15-25)13-22(19)24/h3-15H,1-2H3/b12-11+. The molecule has 2 nitrogen and oxygen atoms in total. The molecule has 3 aromatic carbocycles. The Labute approximate surface area is 158 Å². The van der Waals surface area contributed by atoms with Crippen LogP contribution in [0, 0.1) is 6.92 Å². The van der Waals surface area contributed by atoms with Gasteiger partial charge in [0.25, 0.3) is 0 Å². The SMILES string of the molecule is COc1cc(/C=C/c2cccc(-c3ccccc3)c2C)c(Cl)cc1C=O. The molecule has 0 fully saturated rings. The van der Waals surface area contributed by atoms with Crippen molar-refractivity contribution in [3.05, 3.63) is 87.9 Å². The molecule has 3 aromatic rings. The van der Waals surface area contributed by atoms with Crippen LogP contribution in [-0.4, -0.2) is 13.4 Å². The van der Waals surface area contributed by atoms with Crippen molar-refractivity contribution < 1.29 is 9.53 Å². The number of methoxy groups -OCH3 is 1. The molecule has 0 unspecified atom stereocenters. The predicted molar refractivity (Wildman–Crippen MR) is 109 cm³/mol. The van der Waals surface area contributed by atoms with Crippen LogP contribution in [0.3, 0.4) is 0 Å². The summed E-state index contributed by atoms with van der Waals surface area (Å²) in [6, 6.07) is 20.0. The highest BCUT2D eigenvalue weighted by molar-refractivity contribution is 6.32. The molecular formula is C23H19ClO2. The van der Waals surface area contributed by atoms with Gasteiger partial charge in [-0.1, -0.05) is 72.3 Å². The molecule has 3 heteroatoms. The summed E-state index contributed by atoms with van der Waals surface area (Å²) in [5.41, 5.74) is 5.95. The second-order valence-electron chi connectivity index (χ2n) is 5.95. The normalized spacial score (nSPS) is 10.9. The topological polar surface area (TPSA) is 26.3 Å². The largest absolute Gasteiger partial charge is 0.496 e. The number of aldehydes is 1. The third kappa shape index (κ3) is 3.71. The summed E-state index contributed by atoms with van der Waals surface area (Å²) in [5.74, 6) is 0.513. The molecule has 0 N–H and O–H groups in total. The molecule has 0 saturated heterocycles. The summed E-state index contributed by atoms with van der Waals surface area (Å²) in [5, 5.41) is 0.515. The number of rotatable bonds is 5. The third-order valence-electron chi connectivity index (χ3n) is 4.38. The van der Waals surface area contributed by atoms with Gasteiger partial charge in [-0.05, 0) is 46.9 Å². The molecule has 0 bridgehead atoms. The molecule has 3 rings (SSSR count). The lowest BCUT2D eigenvalue weighted by atomic mass is 9.96. The first-order chi connectivity index (χ1) is 12.6. The van der Waals surface area contributed by atoms with Crippen molar-refractivity contribution in [1.29, 1.82) is 0 Å². The number of benzene rings is 3. The lowest BCUT2D eigenvalue weighted by Gasteiger charge is -2.10. The van der Waals surface area contributed by atoms with Gasteiger partial charge in [0, 0.05) is 5.02 Å². The molecule has 0 aliphatic rings. The van der Waals surface area contributed by atoms with E-state index in [9.17, 15) is 4.79 Å². The summed E-state index contributed by atoms with van der Waals surface area (Å²) >= 11 is 6.30. The first-order valence-electron chi connectivity index (χ1n) is 8.30. The van der Waals surface area contributed by atoms with Crippen molar-refractivity contribution in [3.63, 3.8) is 0 Å². The van der Waals surface area contributed by atoms with E-state index in [1.807, 2.05) is 36.4 Å². The Morgan fingerprint density at radius 2 is 1.62 bits per heavy atom. The van der Waals surface area contributed by atoms with Crippen molar-refractivity contribution in [2.75, 3.05) is 7.11 Å². The van der Waals surface area contributed by atoms with E-state index in [0.717, 1.165) is 17.4 Å². The molecule has 0 heterocycles. The zero-order chi connectivity index (χ0) is 18.5. The molecule has 0 spiro atoms. The maximum absolute atomic E-state index is 11.1. The lowest BCUT2D eigenvalue weighted by molar-refractivity contribution is 0.112. The van der Waals surface area contributed by atoms with Gasteiger partial charge < -0.3 is 4.74 Å². The lowest BCUT2D eigenvalue weighted by Crippen LogP contribution is -1.92. The molecule has 0 aliphatic heterocycles. The van der Waals surface area contributed by atoms with E-state index in [4.69, 9.17) is 16.3 Å². The molecule has 0 amide bonds. The Hall–Kier alpha value is -2.84. The molecule has 130 valence electrons. The predicted octanol–water partition coefficient (Wildman–Crippen LogP) is 6.31. The van der Waals surface area contributed by atoms with Crippen LogP contribution in [0.4, 0.5) is 0 Å². The molecule has 26 heavy (non-hydrogen) atoms. The zero-order valence-corrected chi connectivity index (χ0v) is 15.5. The number of halogens is 1. The maximum atomic E-state index is 11.1. The van der Waals surface area contributed by atoms with Gasteiger partial charge in [-0.25, -0.2) is 0 Å². The monoisotopic (exact) mass is 362 g/mol. The van der Waals surface area contributed by atoms with Gasteiger partial charge in [-0.2, -0.15) is 0 Å². The van der Waals surface area contributed by atoms with Crippen molar-refractivity contribution in [2.45, 2.75) is 6.92 Å². The van der Waals surface area contributed by atoms with E-state index in [0.29, 0.717) is 16.3 Å². The Kier molecular flexibility index (Phi) is 5.55. The summed E-state index contributed by atoms with van der Waals surface area (Å²) in [6.07, 6.45) is 4.71. The Morgan fingerprint density at radius 3 is 2.31 bits per heavy atom. The van der Waals surface area contributed by atoms with Crippen molar-refractivity contribution in [1.82, 2.24) is 0 Å². The highest BCUT2D eigenvalue weighted by Gasteiger charge is 2.08. The summed E-state index contributed by atoms with van der Waals surface area (Å²) in [7, 11) is 1.54. The molecule has 0 aromatic heterocycles. The van der Waals surface area contributed by atoms with Crippen molar-refractivity contribution in [2.24, 2.45) is 0 Å². The molecule has 0 saturated carbocycles. The van der Waals surface area contributed by atoms with Gasteiger partial charge in [-0.3, -0.25) is 4.79 Å². The van der Waals surface area contributed by atoms with Crippen LogP contribution in [-0.2, 0) is 0 Å². The van der Waals surface area contributed by atoms with Gasteiger partial charge in [0.05, 0.1) is 12.7 Å². The maximum Gasteiger partial charge on any atom is 0.153 e. The zero-order valence-electron chi connectivity index (χ0n) is 14.7. The first kappa shape index (κ1) is 18.0. The average Bonchev–Trinajstić information content (AvgIpc) is 2.68. The Morgan fingerprint density at radius 1 is 0.885 bits per heavy atom. The van der Waals surface area contributed by atoms with E-state index < -0.39 is 0 Å². The highest BCUT2D eigenvalue weighted by Crippen LogP contribution is 2.29. The van der Waals surface area contributed by atoms with Crippen LogP contribution in [0.25, 0.3) is 23.3 Å². The number of carbonyl (C=O) groups is 1. The van der Waals surface area contributed by atoms with Crippen molar-refractivity contribution >= 4 is 30.0 Å². The van der Waals surface area contributed by atoms with Crippen molar-refractivity contribution in [3.8, 4) is 16.9 Å². The highest BCUT2D eigenvalue weighted by atomic mass is 35.5. The van der Waals surface area contributed by atoms with E-state index >= 15 is 0 Å². The van der Waals surface area contributed by atoms with Gasteiger partial charge in [0.2, 0.25) is 0 Å². The summed E-state index contributed by atoms with van der Waals surface area (Å²) < 4.78 is 5.26. The van der Waals surface area contributed by atoms with Crippen LogP contribution in [0.5, 0.6) is 5.75 Å². The average molecular weight is 363 g/mol. The molecular weight excluding hydrogens is 344 g/mol. The van der Waals surface area contributed by atoms with Crippen LogP contribution in [0.2, 0.25) is 5.02 Å². The van der Waals surface area contributed by atoms with Crippen LogP contribution >= 0.6 is 11.6 Å². The fraction of sp³-hybridized carbons (Fsp3) is 0.0870. The van der Waals surface area contributed by atoms with Gasteiger partial charge >= 0.3 is 0 Å². The number of hydrogen-bond acceptors (Lipinski definition) is 2. The quantitative estimate of drug-likeness (QED) is 0.393. The van der Waals surface area contributed by atoms with E-state index in [-0.39, 0.29) is 0 Å². The number of carbonyl (C=O) groups excluding carboxylic acids is 1. The van der Waals surface area contributed by atoms with E-state index in [1.54, 1.807) is 12.1 Å². The first-order valence-corrected chi connectivity index (χ1v) is 8.67. The fourth-order valence-electron chi connectivity index (χ4n) is 2.93. The van der Waals surface area contributed by atoms with Gasteiger partial charge in [0.15, 0.2) is 6.29 Å². The fourth-order valence-corrected chi connectivity index (χ4v) is 3.16. The minimum Gasteiger partial charge on any atom is -0.496 e. The Balaban J connectivity index is 1.98. The minimum atomic E-state index is 0.442. The molecule has 0 atom stereocenters. The van der Waals surface area contributed by atoms with Crippen LogP contribution in [0.15, 0.2) is 60.7 Å². The van der Waals surface area contributed by atoms with Crippen LogP contribution < -0.4 is 4.74 Å². The van der Waals surface area contributed by atoms with E-state index in [1.165, 1.54) is 23.8 Å². The minimum absolute atomic E-state index is 0.442. The smallest absolute Gasteiger partial charge is 0.153 e. The summed E-state index contributed by atoms with van der Waals surface area (Å²) in [4.78, 5) is 11.1. The molecule has 0 aliphatic carbocycles. The second-order valence-corrected chi connectivity index (χ2v) is 6.36. The van der Waals surface area contributed by atoms with E-state index in [2.05, 4.69) is 31.2 Å². The number of ether oxygens (including phenoxy) is 1. The Bertz CT molecular complexity index is 959. The third-order valence-corrected chi connectivity index (χ3v) is 4.71. The second kappa shape index (κ2) is 8.03. The van der Waals surface area contributed by atoms with Gasteiger partial charge in [-0.15, -0.1) is 0 Å². The summed E-state index contributed by atoms with van der Waals surface area (Å²) in [6.45, 7) is 2.11. The molecule has 0 radical (unpaired) electrons. The van der Waals surface area contributed by atoms with Gasteiger partial charge in [0.1, 0.15) is 5.75 Å². The number of hydrogen-bond donors (Lipinski definition) is 0.